The van der Waals surface area contributed by atoms with E-state index < -0.39 is 0 Å². The largest absolute Gasteiger partial charge is 0.339 e. The smallest absolute Gasteiger partial charge is 0.159 e. The third-order valence-corrected chi connectivity index (χ3v) is 3.69. The number of aromatic nitrogens is 2. The zero-order valence-electron chi connectivity index (χ0n) is 11.7. The molecule has 0 radical (unpaired) electrons. The number of nitrogens with zero attached hydrogens (tertiary/aromatic N) is 2. The van der Waals surface area contributed by atoms with Crippen LogP contribution in [0.25, 0.3) is 0 Å². The first-order valence-electron chi connectivity index (χ1n) is 6.26. The van der Waals surface area contributed by atoms with E-state index in [1.807, 2.05) is 12.1 Å². The lowest BCUT2D eigenvalue weighted by molar-refractivity contribution is 0.590. The van der Waals surface area contributed by atoms with Crippen LogP contribution in [0, 0.1) is 0 Å². The molecule has 20 heavy (non-hydrogen) atoms. The van der Waals surface area contributed by atoms with Crippen molar-refractivity contribution in [3.8, 4) is 0 Å². The Labute approximate surface area is 127 Å². The lowest BCUT2D eigenvalue weighted by Crippen LogP contribution is -2.11. The van der Waals surface area contributed by atoms with E-state index in [2.05, 4.69) is 69.5 Å². The lowest BCUT2D eigenvalue weighted by atomic mass is 9.87. The fraction of sp³-hybridized carbons (Fsp3) is 0.286. The molecule has 0 amide bonds. The molecule has 0 bridgehead atoms. The van der Waals surface area contributed by atoms with Gasteiger partial charge < -0.3 is 10.7 Å². The predicted octanol–water partition coefficient (Wildman–Crippen LogP) is 3.57. The van der Waals surface area contributed by atoms with Crippen LogP contribution in [0.15, 0.2) is 35.1 Å². The predicted molar refractivity (Wildman–Crippen MR) is 86.0 cm³/mol. The average Bonchev–Trinajstić information content (AvgIpc) is 2.41. The van der Waals surface area contributed by atoms with Gasteiger partial charge in [0.2, 0.25) is 0 Å². The Morgan fingerprint density at radius 1 is 1.05 bits per heavy atom. The number of hydrogen-bond acceptors (Lipinski definition) is 5. The second-order valence-corrected chi connectivity index (χ2v) is 6.27. The van der Waals surface area contributed by atoms with Gasteiger partial charge in [0.15, 0.2) is 5.82 Å². The highest BCUT2D eigenvalue weighted by Crippen LogP contribution is 2.29. The normalized spacial score (nSPS) is 11.2. The Morgan fingerprint density at radius 2 is 1.65 bits per heavy atom. The molecule has 5 nitrogen and oxygen atoms in total. The van der Waals surface area contributed by atoms with E-state index in [4.69, 9.17) is 5.84 Å². The van der Waals surface area contributed by atoms with E-state index in [0.29, 0.717) is 16.1 Å². The van der Waals surface area contributed by atoms with Crippen molar-refractivity contribution in [3.05, 3.63) is 40.6 Å². The molecule has 4 N–H and O–H groups in total. The van der Waals surface area contributed by atoms with Gasteiger partial charge in [-0.1, -0.05) is 32.9 Å². The molecule has 0 spiro atoms. The number of nitrogens with two attached hydrogens (primary N) is 1. The number of hydrogen-bond donors (Lipinski definition) is 3. The van der Waals surface area contributed by atoms with Crippen LogP contribution >= 0.6 is 15.9 Å². The van der Waals surface area contributed by atoms with Gasteiger partial charge in [-0.05, 0) is 39.0 Å². The third-order valence-electron chi connectivity index (χ3n) is 2.94. The number of nitrogen functional groups attached to an aromatic ring is 1. The molecule has 1 aromatic heterocycles. The Hall–Kier alpha value is -1.66. The van der Waals surface area contributed by atoms with Crippen LogP contribution < -0.4 is 16.6 Å². The van der Waals surface area contributed by atoms with Crippen LogP contribution in [-0.2, 0) is 5.41 Å². The molecule has 0 aliphatic carbocycles. The molecule has 6 heteroatoms. The molecular weight excluding hydrogens is 318 g/mol. The minimum absolute atomic E-state index is 0.144. The average molecular weight is 336 g/mol. The van der Waals surface area contributed by atoms with Gasteiger partial charge in [-0.2, -0.15) is 0 Å². The van der Waals surface area contributed by atoms with Crippen molar-refractivity contribution >= 4 is 33.3 Å². The molecule has 0 unspecified atom stereocenters. The van der Waals surface area contributed by atoms with Crippen LogP contribution in [-0.4, -0.2) is 9.97 Å². The standard InChI is InChI=1S/C14H18BrN5/c1-14(2,3)9-4-6-10(7-5-9)19-12-11(15)13(20-16)18-8-17-12/h4-8H,16H2,1-3H3,(H2,17,18,19,20). The van der Waals surface area contributed by atoms with Crippen molar-refractivity contribution in [2.45, 2.75) is 26.2 Å². The zero-order chi connectivity index (χ0) is 14.8. The van der Waals surface area contributed by atoms with Crippen molar-refractivity contribution in [3.63, 3.8) is 0 Å². The SMILES string of the molecule is CC(C)(C)c1ccc(Nc2ncnc(NN)c2Br)cc1. The molecular formula is C14H18BrN5. The maximum Gasteiger partial charge on any atom is 0.159 e. The van der Waals surface area contributed by atoms with Crippen LogP contribution in [0.4, 0.5) is 17.3 Å². The number of hydrazine groups is 1. The second-order valence-electron chi connectivity index (χ2n) is 5.48. The van der Waals surface area contributed by atoms with Crippen molar-refractivity contribution in [1.29, 1.82) is 0 Å². The van der Waals surface area contributed by atoms with E-state index in [9.17, 15) is 0 Å². The van der Waals surface area contributed by atoms with Gasteiger partial charge in [0, 0.05) is 5.69 Å². The third kappa shape index (κ3) is 3.26. The molecule has 0 aliphatic rings. The highest BCUT2D eigenvalue weighted by atomic mass is 79.9. The summed E-state index contributed by atoms with van der Waals surface area (Å²) in [7, 11) is 0. The number of halogens is 1. The first-order chi connectivity index (χ1) is 9.41. The summed E-state index contributed by atoms with van der Waals surface area (Å²) in [6.45, 7) is 6.57. The summed E-state index contributed by atoms with van der Waals surface area (Å²) >= 11 is 3.42. The number of anilines is 3. The van der Waals surface area contributed by atoms with Gasteiger partial charge in [0.25, 0.3) is 0 Å². The quantitative estimate of drug-likeness (QED) is 0.590. The fourth-order valence-electron chi connectivity index (χ4n) is 1.75. The van der Waals surface area contributed by atoms with Gasteiger partial charge in [-0.25, -0.2) is 15.8 Å². The van der Waals surface area contributed by atoms with Crippen molar-refractivity contribution in [2.75, 3.05) is 10.7 Å². The number of benzene rings is 1. The van der Waals surface area contributed by atoms with Gasteiger partial charge >= 0.3 is 0 Å². The second kappa shape index (κ2) is 5.76. The maximum atomic E-state index is 5.38. The van der Waals surface area contributed by atoms with E-state index in [1.54, 1.807) is 0 Å². The van der Waals surface area contributed by atoms with Crippen LogP contribution in [0.1, 0.15) is 26.3 Å². The first kappa shape index (κ1) is 14.7. The summed E-state index contributed by atoms with van der Waals surface area (Å²) in [4.78, 5) is 8.20. The Morgan fingerprint density at radius 3 is 2.20 bits per heavy atom. The van der Waals surface area contributed by atoms with E-state index >= 15 is 0 Å². The monoisotopic (exact) mass is 335 g/mol. The molecule has 0 atom stereocenters. The fourth-order valence-corrected chi connectivity index (χ4v) is 2.17. The highest BCUT2D eigenvalue weighted by molar-refractivity contribution is 9.10. The van der Waals surface area contributed by atoms with Crippen LogP contribution in [0.3, 0.4) is 0 Å². The van der Waals surface area contributed by atoms with Crippen LogP contribution in [0.2, 0.25) is 0 Å². The molecule has 0 saturated carbocycles. The summed E-state index contributed by atoms with van der Waals surface area (Å²) in [5.41, 5.74) is 4.90. The molecule has 0 fully saturated rings. The summed E-state index contributed by atoms with van der Waals surface area (Å²) in [5.74, 6) is 6.58. The van der Waals surface area contributed by atoms with Gasteiger partial charge in [0.05, 0.1) is 0 Å². The van der Waals surface area contributed by atoms with Crippen molar-refractivity contribution < 1.29 is 0 Å². The Balaban J connectivity index is 2.23. The molecule has 106 valence electrons. The van der Waals surface area contributed by atoms with Gasteiger partial charge in [0.1, 0.15) is 16.6 Å². The Bertz CT molecular complexity index is 590. The molecule has 0 aliphatic heterocycles. The number of nitrogens with one attached hydrogen (secondary N) is 2. The molecule has 2 aromatic rings. The number of rotatable bonds is 3. The first-order valence-corrected chi connectivity index (χ1v) is 7.06. The van der Waals surface area contributed by atoms with Crippen molar-refractivity contribution in [1.82, 2.24) is 9.97 Å². The molecule has 0 saturated heterocycles. The van der Waals surface area contributed by atoms with Gasteiger partial charge in [-0.15, -0.1) is 0 Å². The molecule has 1 heterocycles. The zero-order valence-corrected chi connectivity index (χ0v) is 13.3. The summed E-state index contributed by atoms with van der Waals surface area (Å²) < 4.78 is 0.697. The minimum Gasteiger partial charge on any atom is -0.339 e. The summed E-state index contributed by atoms with van der Waals surface area (Å²) in [6.07, 6.45) is 1.45. The van der Waals surface area contributed by atoms with Gasteiger partial charge in [-0.3, -0.25) is 0 Å². The topological polar surface area (TPSA) is 75.9 Å². The lowest BCUT2D eigenvalue weighted by Gasteiger charge is -2.19. The maximum absolute atomic E-state index is 5.38. The molecule has 2 rings (SSSR count). The summed E-state index contributed by atoms with van der Waals surface area (Å²) in [5, 5.41) is 3.23. The molecule has 1 aromatic carbocycles. The van der Waals surface area contributed by atoms with E-state index in [0.717, 1.165) is 5.69 Å². The summed E-state index contributed by atoms with van der Waals surface area (Å²) in [6, 6.07) is 8.29. The van der Waals surface area contributed by atoms with Crippen molar-refractivity contribution in [2.24, 2.45) is 5.84 Å². The van der Waals surface area contributed by atoms with Crippen LogP contribution in [0.5, 0.6) is 0 Å². The minimum atomic E-state index is 0.144. The highest BCUT2D eigenvalue weighted by Gasteiger charge is 2.13. The Kier molecular flexibility index (Phi) is 4.25. The van der Waals surface area contributed by atoms with E-state index in [-0.39, 0.29) is 5.41 Å². The van der Waals surface area contributed by atoms with E-state index in [1.165, 1.54) is 11.9 Å².